The Kier molecular flexibility index (Phi) is 5.48. The van der Waals surface area contributed by atoms with Gasteiger partial charge in [-0.1, -0.05) is 18.2 Å². The second-order valence-corrected chi connectivity index (χ2v) is 9.35. The van der Waals surface area contributed by atoms with Gasteiger partial charge in [0.25, 0.3) is 0 Å². The van der Waals surface area contributed by atoms with Gasteiger partial charge in [-0.15, -0.1) is 0 Å². The zero-order chi connectivity index (χ0) is 20.6. The van der Waals surface area contributed by atoms with Gasteiger partial charge in [-0.3, -0.25) is 9.47 Å². The van der Waals surface area contributed by atoms with Crippen molar-refractivity contribution >= 4 is 49.5 Å². The first-order valence-corrected chi connectivity index (χ1v) is 11.2. The molecule has 146 valence electrons. The van der Waals surface area contributed by atoms with Crippen molar-refractivity contribution in [2.24, 2.45) is 0 Å². The molecular formula is C19H17IN2O5S. The summed E-state index contributed by atoms with van der Waals surface area (Å²) in [6, 6.07) is 11.0. The fourth-order valence-electron chi connectivity index (χ4n) is 2.96. The van der Waals surface area contributed by atoms with Crippen LogP contribution in [0, 0.1) is 10.5 Å². The van der Waals surface area contributed by atoms with Gasteiger partial charge in [0.05, 0.1) is 11.8 Å². The summed E-state index contributed by atoms with van der Waals surface area (Å²) < 4.78 is 25.4. The number of carboxylic acid groups (broad SMARTS) is 1. The zero-order valence-electron chi connectivity index (χ0n) is 15.1. The van der Waals surface area contributed by atoms with Crippen molar-refractivity contribution in [2.45, 2.75) is 13.3 Å². The molecule has 0 radical (unpaired) electrons. The largest absolute Gasteiger partial charge is 0.477 e. The molecule has 3 rings (SSSR count). The lowest BCUT2D eigenvalue weighted by atomic mass is 9.99. The van der Waals surface area contributed by atoms with E-state index in [4.69, 9.17) is 0 Å². The van der Waals surface area contributed by atoms with Crippen LogP contribution >= 0.6 is 22.6 Å². The van der Waals surface area contributed by atoms with E-state index in [1.807, 2.05) is 25.1 Å². The van der Waals surface area contributed by atoms with Crippen LogP contribution in [0.2, 0.25) is 0 Å². The number of benzene rings is 2. The minimum atomic E-state index is -3.68. The molecule has 0 saturated carbocycles. The SMILES string of the molecule is Cc1c(I)cccc1Cc1ccc2c(c1)c(=O)c(C(=O)O)cn2NS(C)(=O)=O. The Morgan fingerprint density at radius 2 is 1.96 bits per heavy atom. The van der Waals surface area contributed by atoms with Crippen LogP contribution in [0.25, 0.3) is 10.9 Å². The van der Waals surface area contributed by atoms with E-state index in [-0.39, 0.29) is 10.9 Å². The maximum Gasteiger partial charge on any atom is 0.341 e. The Bertz CT molecular complexity index is 1270. The summed E-state index contributed by atoms with van der Waals surface area (Å²) in [5.41, 5.74) is 2.17. The van der Waals surface area contributed by atoms with Gasteiger partial charge in [0.1, 0.15) is 5.56 Å². The lowest BCUT2D eigenvalue weighted by molar-refractivity contribution is 0.0695. The summed E-state index contributed by atoms with van der Waals surface area (Å²) in [5.74, 6) is -1.42. The number of carboxylic acids is 1. The Hall–Kier alpha value is -2.40. The predicted molar refractivity (Wildman–Crippen MR) is 116 cm³/mol. The molecule has 0 aliphatic carbocycles. The van der Waals surface area contributed by atoms with Crippen molar-refractivity contribution in [3.8, 4) is 0 Å². The molecule has 0 fully saturated rings. The molecule has 1 aromatic heterocycles. The van der Waals surface area contributed by atoms with E-state index in [9.17, 15) is 23.1 Å². The van der Waals surface area contributed by atoms with Crippen LogP contribution in [0.3, 0.4) is 0 Å². The Labute approximate surface area is 175 Å². The molecule has 0 atom stereocenters. The van der Waals surface area contributed by atoms with Gasteiger partial charge >= 0.3 is 5.97 Å². The molecule has 2 N–H and O–H groups in total. The molecule has 0 aliphatic rings. The molecule has 0 amide bonds. The average molecular weight is 512 g/mol. The van der Waals surface area contributed by atoms with E-state index in [1.165, 1.54) is 0 Å². The highest BCUT2D eigenvalue weighted by atomic mass is 127. The van der Waals surface area contributed by atoms with E-state index >= 15 is 0 Å². The van der Waals surface area contributed by atoms with Crippen molar-refractivity contribution in [1.29, 1.82) is 0 Å². The Morgan fingerprint density at radius 1 is 1.25 bits per heavy atom. The van der Waals surface area contributed by atoms with Crippen molar-refractivity contribution < 1.29 is 18.3 Å². The standard InChI is InChI=1S/C19H17IN2O5S/c1-11-13(4-3-5-16(11)20)8-12-6-7-17-14(9-12)18(23)15(19(24)25)10-22(17)21-28(2,26)27/h3-7,9-10,21H,8H2,1-2H3,(H,24,25). The number of rotatable bonds is 5. The molecule has 28 heavy (non-hydrogen) atoms. The van der Waals surface area contributed by atoms with Gasteiger partial charge in [0.2, 0.25) is 15.5 Å². The number of pyridine rings is 1. The fraction of sp³-hybridized carbons (Fsp3) is 0.158. The third-order valence-corrected chi connectivity index (χ3v) is 6.03. The number of aromatic nitrogens is 1. The zero-order valence-corrected chi connectivity index (χ0v) is 18.0. The number of nitrogens with one attached hydrogen (secondary N) is 1. The summed E-state index contributed by atoms with van der Waals surface area (Å²) in [7, 11) is -3.68. The van der Waals surface area contributed by atoms with E-state index in [2.05, 4.69) is 27.4 Å². The van der Waals surface area contributed by atoms with E-state index in [1.54, 1.807) is 18.2 Å². The smallest absolute Gasteiger partial charge is 0.341 e. The molecular weight excluding hydrogens is 495 g/mol. The number of carbonyl (C=O) groups is 1. The van der Waals surface area contributed by atoms with Gasteiger partial charge in [0, 0.05) is 15.2 Å². The van der Waals surface area contributed by atoms with E-state index in [0.717, 1.165) is 37.4 Å². The van der Waals surface area contributed by atoms with Crippen molar-refractivity contribution in [1.82, 2.24) is 4.68 Å². The molecule has 0 unspecified atom stereocenters. The minimum absolute atomic E-state index is 0.136. The molecule has 0 bridgehead atoms. The van der Waals surface area contributed by atoms with Gasteiger partial charge < -0.3 is 5.11 Å². The molecule has 0 saturated heterocycles. The lowest BCUT2D eigenvalue weighted by Gasteiger charge is -2.14. The van der Waals surface area contributed by atoms with Gasteiger partial charge in [-0.05, 0) is 70.8 Å². The summed E-state index contributed by atoms with van der Waals surface area (Å²) in [6.45, 7) is 2.02. The molecule has 9 heteroatoms. The number of nitrogens with zero attached hydrogens (tertiary/aromatic N) is 1. The van der Waals surface area contributed by atoms with Crippen molar-refractivity contribution in [3.05, 3.63) is 78.6 Å². The van der Waals surface area contributed by atoms with Gasteiger partial charge in [-0.2, -0.15) is 0 Å². The number of hydrogen-bond donors (Lipinski definition) is 2. The third-order valence-electron chi connectivity index (χ3n) is 4.34. The van der Waals surface area contributed by atoms with Crippen LogP contribution in [0.4, 0.5) is 0 Å². The molecule has 0 spiro atoms. The highest BCUT2D eigenvalue weighted by molar-refractivity contribution is 14.1. The van der Waals surface area contributed by atoms with Crippen molar-refractivity contribution in [3.63, 3.8) is 0 Å². The topological polar surface area (TPSA) is 105 Å². The summed E-state index contributed by atoms with van der Waals surface area (Å²) in [5, 5.41) is 9.46. The molecule has 3 aromatic rings. The van der Waals surface area contributed by atoms with E-state index < -0.39 is 27.0 Å². The first kappa shape index (κ1) is 20.3. The van der Waals surface area contributed by atoms with Crippen LogP contribution in [-0.4, -0.2) is 30.4 Å². The summed E-state index contributed by atoms with van der Waals surface area (Å²) in [6.07, 6.45) is 2.50. The maximum atomic E-state index is 12.6. The molecule has 0 aliphatic heterocycles. The van der Waals surface area contributed by atoms with Crippen LogP contribution in [0.15, 0.2) is 47.4 Å². The Morgan fingerprint density at radius 3 is 2.61 bits per heavy atom. The molecule has 1 heterocycles. The van der Waals surface area contributed by atoms with Crippen molar-refractivity contribution in [2.75, 3.05) is 11.1 Å². The number of sulfonamides is 1. The number of hydrogen-bond acceptors (Lipinski definition) is 4. The number of fused-ring (bicyclic) bond motifs is 1. The normalized spacial score (nSPS) is 11.5. The third kappa shape index (κ3) is 4.20. The first-order chi connectivity index (χ1) is 13.1. The second-order valence-electron chi connectivity index (χ2n) is 6.46. The second kappa shape index (κ2) is 7.55. The first-order valence-electron chi connectivity index (χ1n) is 8.20. The van der Waals surface area contributed by atoms with Crippen LogP contribution in [0.1, 0.15) is 27.0 Å². The van der Waals surface area contributed by atoms with E-state index in [0.29, 0.717) is 6.42 Å². The minimum Gasteiger partial charge on any atom is -0.477 e. The lowest BCUT2D eigenvalue weighted by Crippen LogP contribution is -2.27. The summed E-state index contributed by atoms with van der Waals surface area (Å²) >= 11 is 2.26. The highest BCUT2D eigenvalue weighted by Gasteiger charge is 2.17. The fourth-order valence-corrected chi connectivity index (χ4v) is 4.02. The van der Waals surface area contributed by atoms with Crippen LogP contribution < -0.4 is 10.3 Å². The molecule has 7 nitrogen and oxygen atoms in total. The quantitative estimate of drug-likeness (QED) is 0.512. The monoisotopic (exact) mass is 512 g/mol. The number of aromatic carboxylic acids is 1. The number of halogens is 1. The van der Waals surface area contributed by atoms with Crippen LogP contribution in [-0.2, 0) is 16.4 Å². The van der Waals surface area contributed by atoms with Crippen LogP contribution in [0.5, 0.6) is 0 Å². The van der Waals surface area contributed by atoms with Gasteiger partial charge in [0.15, 0.2) is 0 Å². The predicted octanol–water partition coefficient (Wildman–Crippen LogP) is 2.71. The average Bonchev–Trinajstić information content (AvgIpc) is 2.60. The summed E-state index contributed by atoms with van der Waals surface area (Å²) in [4.78, 5) is 26.3. The highest BCUT2D eigenvalue weighted by Crippen LogP contribution is 2.21. The van der Waals surface area contributed by atoms with Gasteiger partial charge in [-0.25, -0.2) is 18.0 Å². The maximum absolute atomic E-state index is 12.6. The molecule has 2 aromatic carbocycles. The Balaban J connectivity index is 2.19.